The van der Waals surface area contributed by atoms with Crippen LogP contribution in [0, 0.1) is 21.7 Å². The van der Waals surface area contributed by atoms with Gasteiger partial charge in [0.2, 0.25) is 5.82 Å². The Labute approximate surface area is 82.3 Å². The molecule has 0 atom stereocenters. The van der Waals surface area contributed by atoms with Crippen molar-refractivity contribution in [2.24, 2.45) is 0 Å². The van der Waals surface area contributed by atoms with E-state index < -0.39 is 22.2 Å². The van der Waals surface area contributed by atoms with Crippen molar-refractivity contribution < 1.29 is 13.7 Å². The van der Waals surface area contributed by atoms with E-state index in [1.807, 2.05) is 0 Å². The molecule has 1 aromatic carbocycles. The SMILES string of the molecule is O=[N+]([O-])c1c(F)cc(F)c2cccnc12. The molecule has 2 rings (SSSR count). The van der Waals surface area contributed by atoms with Crippen LogP contribution in [-0.4, -0.2) is 9.91 Å². The Balaban J connectivity index is 2.96. The molecule has 0 bridgehead atoms. The average molecular weight is 210 g/mol. The predicted molar refractivity (Wildman–Crippen MR) is 48.3 cm³/mol. The van der Waals surface area contributed by atoms with Gasteiger partial charge in [0.15, 0.2) is 5.52 Å². The summed E-state index contributed by atoms with van der Waals surface area (Å²) in [4.78, 5) is 13.2. The van der Waals surface area contributed by atoms with Crippen molar-refractivity contribution in [3.05, 3.63) is 46.1 Å². The first-order chi connectivity index (χ1) is 7.11. The molecule has 1 heterocycles. The number of pyridine rings is 1. The number of nitrogens with zero attached hydrogens (tertiary/aromatic N) is 2. The van der Waals surface area contributed by atoms with E-state index in [-0.39, 0.29) is 10.9 Å². The summed E-state index contributed by atoms with van der Waals surface area (Å²) < 4.78 is 26.3. The van der Waals surface area contributed by atoms with Crippen LogP contribution >= 0.6 is 0 Å². The van der Waals surface area contributed by atoms with E-state index in [0.717, 1.165) is 0 Å². The molecule has 0 aliphatic heterocycles. The third-order valence-electron chi connectivity index (χ3n) is 1.95. The van der Waals surface area contributed by atoms with E-state index in [4.69, 9.17) is 0 Å². The molecule has 15 heavy (non-hydrogen) atoms. The van der Waals surface area contributed by atoms with Crippen molar-refractivity contribution in [1.29, 1.82) is 0 Å². The first kappa shape index (κ1) is 9.45. The highest BCUT2D eigenvalue weighted by Gasteiger charge is 2.22. The van der Waals surface area contributed by atoms with Crippen LogP contribution in [0.2, 0.25) is 0 Å². The van der Waals surface area contributed by atoms with Gasteiger partial charge in [-0.05, 0) is 12.1 Å². The van der Waals surface area contributed by atoms with Crippen molar-refractivity contribution in [2.45, 2.75) is 0 Å². The van der Waals surface area contributed by atoms with E-state index in [1.165, 1.54) is 18.3 Å². The fourth-order valence-electron chi connectivity index (χ4n) is 1.33. The highest BCUT2D eigenvalue weighted by molar-refractivity contribution is 5.87. The normalized spacial score (nSPS) is 10.5. The number of halogens is 2. The molecule has 6 heteroatoms. The summed E-state index contributed by atoms with van der Waals surface area (Å²) in [6.45, 7) is 0. The molecule has 0 fully saturated rings. The lowest BCUT2D eigenvalue weighted by molar-refractivity contribution is -0.385. The molecule has 0 saturated carbocycles. The fourth-order valence-corrected chi connectivity index (χ4v) is 1.33. The molecule has 0 aliphatic carbocycles. The van der Waals surface area contributed by atoms with Gasteiger partial charge in [0.1, 0.15) is 5.82 Å². The van der Waals surface area contributed by atoms with Crippen molar-refractivity contribution in [3.63, 3.8) is 0 Å². The molecule has 4 nitrogen and oxygen atoms in total. The lowest BCUT2D eigenvalue weighted by atomic mass is 10.2. The molecule has 1 aromatic heterocycles. The minimum absolute atomic E-state index is 0.0643. The molecule has 76 valence electrons. The average Bonchev–Trinajstić information content (AvgIpc) is 2.17. The Bertz CT molecular complexity index is 557. The molecule has 0 spiro atoms. The monoisotopic (exact) mass is 210 g/mol. The fraction of sp³-hybridized carbons (Fsp3) is 0. The van der Waals surface area contributed by atoms with Crippen LogP contribution in [-0.2, 0) is 0 Å². The number of benzene rings is 1. The van der Waals surface area contributed by atoms with Crippen LogP contribution in [0.5, 0.6) is 0 Å². The van der Waals surface area contributed by atoms with Crippen LogP contribution in [0.15, 0.2) is 24.4 Å². The van der Waals surface area contributed by atoms with Gasteiger partial charge in [-0.2, -0.15) is 4.39 Å². The van der Waals surface area contributed by atoms with Crippen molar-refractivity contribution >= 4 is 16.6 Å². The topological polar surface area (TPSA) is 56.0 Å². The number of hydrogen-bond acceptors (Lipinski definition) is 3. The molecular weight excluding hydrogens is 206 g/mol. The zero-order valence-corrected chi connectivity index (χ0v) is 7.28. The third-order valence-corrected chi connectivity index (χ3v) is 1.95. The summed E-state index contributed by atoms with van der Waals surface area (Å²) >= 11 is 0. The van der Waals surface area contributed by atoms with E-state index >= 15 is 0 Å². The molecule has 0 unspecified atom stereocenters. The highest BCUT2D eigenvalue weighted by Crippen LogP contribution is 2.28. The van der Waals surface area contributed by atoms with E-state index in [9.17, 15) is 18.9 Å². The zero-order chi connectivity index (χ0) is 11.0. The maximum Gasteiger partial charge on any atom is 0.330 e. The molecule has 0 aliphatic rings. The molecule has 0 radical (unpaired) electrons. The molecule has 0 amide bonds. The first-order valence-electron chi connectivity index (χ1n) is 3.98. The number of rotatable bonds is 1. The Morgan fingerprint density at radius 2 is 2.07 bits per heavy atom. The van der Waals surface area contributed by atoms with Gasteiger partial charge in [-0.25, -0.2) is 9.37 Å². The van der Waals surface area contributed by atoms with Gasteiger partial charge in [-0.15, -0.1) is 0 Å². The maximum absolute atomic E-state index is 13.2. The van der Waals surface area contributed by atoms with Crippen molar-refractivity contribution in [1.82, 2.24) is 4.98 Å². The lowest BCUT2D eigenvalue weighted by Gasteiger charge is -2.00. The van der Waals surface area contributed by atoms with Crippen molar-refractivity contribution in [2.75, 3.05) is 0 Å². The minimum Gasteiger partial charge on any atom is -0.258 e. The van der Waals surface area contributed by atoms with E-state index in [1.54, 1.807) is 0 Å². The zero-order valence-electron chi connectivity index (χ0n) is 7.28. The summed E-state index contributed by atoms with van der Waals surface area (Å²) in [5.41, 5.74) is -1.08. The molecule has 2 aromatic rings. The second-order valence-electron chi connectivity index (χ2n) is 2.85. The maximum atomic E-state index is 13.2. The van der Waals surface area contributed by atoms with Gasteiger partial charge >= 0.3 is 5.69 Å². The van der Waals surface area contributed by atoms with Crippen LogP contribution < -0.4 is 0 Å². The first-order valence-corrected chi connectivity index (χ1v) is 3.98. The quantitative estimate of drug-likeness (QED) is 0.536. The van der Waals surface area contributed by atoms with Crippen LogP contribution in [0.4, 0.5) is 14.5 Å². The Hall–Kier alpha value is -2.11. The minimum atomic E-state index is -1.22. The Kier molecular flexibility index (Phi) is 2.03. The molecular formula is C9H4F2N2O2. The van der Waals surface area contributed by atoms with E-state index in [0.29, 0.717) is 6.07 Å². The van der Waals surface area contributed by atoms with Gasteiger partial charge < -0.3 is 0 Å². The van der Waals surface area contributed by atoms with Crippen molar-refractivity contribution in [3.8, 4) is 0 Å². The van der Waals surface area contributed by atoms with Crippen LogP contribution in [0.3, 0.4) is 0 Å². The van der Waals surface area contributed by atoms with Crippen LogP contribution in [0.1, 0.15) is 0 Å². The van der Waals surface area contributed by atoms with E-state index in [2.05, 4.69) is 4.98 Å². The summed E-state index contributed by atoms with van der Waals surface area (Å²) in [6, 6.07) is 3.22. The molecule has 0 saturated heterocycles. The lowest BCUT2D eigenvalue weighted by Crippen LogP contribution is -1.97. The van der Waals surface area contributed by atoms with Gasteiger partial charge in [-0.3, -0.25) is 10.1 Å². The Morgan fingerprint density at radius 3 is 2.73 bits per heavy atom. The number of hydrogen-bond donors (Lipinski definition) is 0. The number of fused-ring (bicyclic) bond motifs is 1. The second-order valence-corrected chi connectivity index (χ2v) is 2.85. The summed E-state index contributed by atoms with van der Waals surface area (Å²) in [7, 11) is 0. The second kappa shape index (κ2) is 3.23. The number of nitro benzene ring substituents is 1. The Morgan fingerprint density at radius 1 is 1.33 bits per heavy atom. The molecule has 0 N–H and O–H groups in total. The van der Waals surface area contributed by atoms with Gasteiger partial charge in [-0.1, -0.05) is 0 Å². The number of aromatic nitrogens is 1. The largest absolute Gasteiger partial charge is 0.330 e. The van der Waals surface area contributed by atoms with Gasteiger partial charge in [0.25, 0.3) is 0 Å². The third kappa shape index (κ3) is 1.39. The standard InChI is InChI=1S/C9H4F2N2O2/c10-6-4-7(11)9(13(14)15)8-5(6)2-1-3-12-8/h1-4H. The van der Waals surface area contributed by atoms with Gasteiger partial charge in [0, 0.05) is 17.6 Å². The smallest absolute Gasteiger partial charge is 0.258 e. The summed E-state index contributed by atoms with van der Waals surface area (Å²) in [5.74, 6) is -2.08. The summed E-state index contributed by atoms with van der Waals surface area (Å²) in [6.07, 6.45) is 1.24. The highest BCUT2D eigenvalue weighted by atomic mass is 19.1. The number of nitro groups is 1. The predicted octanol–water partition coefficient (Wildman–Crippen LogP) is 2.42. The van der Waals surface area contributed by atoms with Crippen LogP contribution in [0.25, 0.3) is 10.9 Å². The summed E-state index contributed by atoms with van der Waals surface area (Å²) in [5, 5.41) is 10.5. The van der Waals surface area contributed by atoms with Gasteiger partial charge in [0.05, 0.1) is 4.92 Å².